The summed E-state index contributed by atoms with van der Waals surface area (Å²) in [5.41, 5.74) is 0.150. The zero-order chi connectivity index (χ0) is 12.0. The lowest BCUT2D eigenvalue weighted by Crippen LogP contribution is -2.44. The smallest absolute Gasteiger partial charge is 0.0703 e. The van der Waals surface area contributed by atoms with Crippen LogP contribution < -0.4 is 5.32 Å². The minimum atomic E-state index is 0.150. The lowest BCUT2D eigenvalue weighted by molar-refractivity contribution is -0.0445. The van der Waals surface area contributed by atoms with E-state index < -0.39 is 0 Å². The zero-order valence-corrected chi connectivity index (χ0v) is 11.0. The van der Waals surface area contributed by atoms with Crippen LogP contribution in [0.4, 0.5) is 0 Å². The maximum atomic E-state index is 5.78. The summed E-state index contributed by atoms with van der Waals surface area (Å²) in [5.74, 6) is 0. The predicted molar refractivity (Wildman–Crippen MR) is 68.3 cm³/mol. The van der Waals surface area contributed by atoms with E-state index in [0.717, 1.165) is 52.2 Å². The summed E-state index contributed by atoms with van der Waals surface area (Å²) >= 11 is 0. The van der Waals surface area contributed by atoms with Crippen LogP contribution in [0, 0.1) is 0 Å². The molecule has 0 bridgehead atoms. The molecule has 0 saturated carbocycles. The Morgan fingerprint density at radius 2 is 1.94 bits per heavy atom. The molecule has 2 aliphatic rings. The Hall–Kier alpha value is -0.160. The Morgan fingerprint density at radius 3 is 2.59 bits per heavy atom. The molecule has 2 saturated heterocycles. The minimum Gasteiger partial charge on any atom is -0.379 e. The van der Waals surface area contributed by atoms with Gasteiger partial charge in [0, 0.05) is 20.2 Å². The fraction of sp³-hybridized carbons (Fsp3) is 1.00. The summed E-state index contributed by atoms with van der Waals surface area (Å²) in [4.78, 5) is 2.51. The van der Waals surface area contributed by atoms with Crippen LogP contribution in [0.3, 0.4) is 0 Å². The van der Waals surface area contributed by atoms with Gasteiger partial charge in [-0.2, -0.15) is 0 Å². The molecule has 1 N–H and O–H groups in total. The second-order valence-corrected chi connectivity index (χ2v) is 5.19. The number of ether oxygens (including phenoxy) is 2. The van der Waals surface area contributed by atoms with Crippen LogP contribution in [0.25, 0.3) is 0 Å². The van der Waals surface area contributed by atoms with Gasteiger partial charge in [0.25, 0.3) is 0 Å². The summed E-state index contributed by atoms with van der Waals surface area (Å²) < 4.78 is 11.1. The van der Waals surface area contributed by atoms with Crippen molar-refractivity contribution in [1.82, 2.24) is 10.2 Å². The van der Waals surface area contributed by atoms with Crippen molar-refractivity contribution in [3.05, 3.63) is 0 Å². The van der Waals surface area contributed by atoms with Crippen molar-refractivity contribution in [3.63, 3.8) is 0 Å². The molecule has 2 rings (SSSR count). The summed E-state index contributed by atoms with van der Waals surface area (Å²) in [6.07, 6.45) is 4.76. The molecule has 4 nitrogen and oxygen atoms in total. The molecule has 0 aromatic carbocycles. The molecule has 4 heteroatoms. The van der Waals surface area contributed by atoms with Gasteiger partial charge in [0.05, 0.1) is 18.8 Å². The molecule has 2 aliphatic heterocycles. The van der Waals surface area contributed by atoms with E-state index in [4.69, 9.17) is 9.47 Å². The number of piperidine rings is 1. The summed E-state index contributed by atoms with van der Waals surface area (Å²) in [6, 6.07) is 0. The van der Waals surface area contributed by atoms with Crippen molar-refractivity contribution in [1.29, 1.82) is 0 Å². The van der Waals surface area contributed by atoms with Crippen molar-refractivity contribution in [2.24, 2.45) is 0 Å². The molecule has 0 atom stereocenters. The van der Waals surface area contributed by atoms with E-state index in [1.54, 1.807) is 0 Å². The quantitative estimate of drug-likeness (QED) is 0.775. The van der Waals surface area contributed by atoms with Gasteiger partial charge in [0.1, 0.15) is 0 Å². The molecule has 2 fully saturated rings. The molecule has 0 spiro atoms. The first-order valence-electron chi connectivity index (χ1n) is 6.91. The van der Waals surface area contributed by atoms with Crippen molar-refractivity contribution in [2.45, 2.75) is 31.3 Å². The van der Waals surface area contributed by atoms with Gasteiger partial charge in [-0.05, 0) is 45.3 Å². The van der Waals surface area contributed by atoms with Crippen molar-refractivity contribution >= 4 is 0 Å². The largest absolute Gasteiger partial charge is 0.379 e. The lowest BCUT2D eigenvalue weighted by atomic mass is 9.87. The van der Waals surface area contributed by atoms with Crippen molar-refractivity contribution in [2.75, 3.05) is 53.0 Å². The molecule has 0 aromatic heterocycles. The van der Waals surface area contributed by atoms with E-state index in [1.165, 1.54) is 19.4 Å². The van der Waals surface area contributed by atoms with Gasteiger partial charge >= 0.3 is 0 Å². The van der Waals surface area contributed by atoms with Crippen LogP contribution in [0.15, 0.2) is 0 Å². The summed E-state index contributed by atoms with van der Waals surface area (Å²) in [5, 5.41) is 3.41. The first kappa shape index (κ1) is 13.3. The van der Waals surface area contributed by atoms with Gasteiger partial charge in [0.2, 0.25) is 0 Å². The number of nitrogens with one attached hydrogen (secondary N) is 1. The standard InChI is InChI=1S/C13H26N2O2/c1-16-13(4-6-14-7-5-13)3-2-8-15-9-11-17-12-10-15/h14H,2-12H2,1H3. The Labute approximate surface area is 105 Å². The molecule has 0 aromatic rings. The number of methoxy groups -OCH3 is 1. The van der Waals surface area contributed by atoms with Crippen LogP contribution in [0.1, 0.15) is 25.7 Å². The van der Waals surface area contributed by atoms with Crippen molar-refractivity contribution < 1.29 is 9.47 Å². The van der Waals surface area contributed by atoms with Gasteiger partial charge in [-0.25, -0.2) is 0 Å². The number of hydrogen-bond donors (Lipinski definition) is 1. The highest BCUT2D eigenvalue weighted by Crippen LogP contribution is 2.27. The summed E-state index contributed by atoms with van der Waals surface area (Å²) in [7, 11) is 1.88. The monoisotopic (exact) mass is 242 g/mol. The lowest BCUT2D eigenvalue weighted by Gasteiger charge is -2.37. The second kappa shape index (κ2) is 6.69. The minimum absolute atomic E-state index is 0.150. The number of nitrogens with zero attached hydrogens (tertiary/aromatic N) is 1. The molecular formula is C13H26N2O2. The highest BCUT2D eigenvalue weighted by Gasteiger charge is 2.31. The maximum absolute atomic E-state index is 5.78. The highest BCUT2D eigenvalue weighted by molar-refractivity contribution is 4.86. The average Bonchev–Trinajstić information content (AvgIpc) is 2.41. The SMILES string of the molecule is COC1(CCCN2CCOCC2)CCNCC1. The first-order valence-corrected chi connectivity index (χ1v) is 6.91. The number of rotatable bonds is 5. The molecule has 2 heterocycles. The van der Waals surface area contributed by atoms with Gasteiger partial charge in [0.15, 0.2) is 0 Å². The molecule has 0 radical (unpaired) electrons. The van der Waals surface area contributed by atoms with E-state index in [1.807, 2.05) is 7.11 Å². The van der Waals surface area contributed by atoms with E-state index >= 15 is 0 Å². The van der Waals surface area contributed by atoms with Crippen LogP contribution in [-0.2, 0) is 9.47 Å². The number of hydrogen-bond acceptors (Lipinski definition) is 4. The van der Waals surface area contributed by atoms with Gasteiger partial charge in [-0.3, -0.25) is 4.90 Å². The Kier molecular flexibility index (Phi) is 5.22. The average molecular weight is 242 g/mol. The molecule has 100 valence electrons. The van der Waals surface area contributed by atoms with Gasteiger partial charge < -0.3 is 14.8 Å². The Balaban J connectivity index is 1.68. The normalized spacial score (nSPS) is 25.9. The third-order valence-corrected chi connectivity index (χ3v) is 4.16. The molecule has 0 amide bonds. The Morgan fingerprint density at radius 1 is 1.24 bits per heavy atom. The topological polar surface area (TPSA) is 33.7 Å². The maximum Gasteiger partial charge on any atom is 0.0703 e. The predicted octanol–water partition coefficient (Wildman–Crippen LogP) is 0.867. The van der Waals surface area contributed by atoms with Crippen LogP contribution >= 0.6 is 0 Å². The summed E-state index contributed by atoms with van der Waals surface area (Å²) in [6.45, 7) is 7.40. The highest BCUT2D eigenvalue weighted by atomic mass is 16.5. The fourth-order valence-corrected chi connectivity index (χ4v) is 2.89. The molecular weight excluding hydrogens is 216 g/mol. The van der Waals surface area contributed by atoms with Gasteiger partial charge in [-0.1, -0.05) is 0 Å². The fourth-order valence-electron chi connectivity index (χ4n) is 2.89. The molecule has 17 heavy (non-hydrogen) atoms. The van der Waals surface area contributed by atoms with E-state index in [0.29, 0.717) is 0 Å². The zero-order valence-electron chi connectivity index (χ0n) is 11.0. The molecule has 0 unspecified atom stereocenters. The van der Waals surface area contributed by atoms with E-state index in [-0.39, 0.29) is 5.60 Å². The van der Waals surface area contributed by atoms with Crippen LogP contribution in [0.2, 0.25) is 0 Å². The Bertz CT molecular complexity index is 211. The van der Waals surface area contributed by atoms with E-state index in [2.05, 4.69) is 10.2 Å². The van der Waals surface area contributed by atoms with Crippen molar-refractivity contribution in [3.8, 4) is 0 Å². The number of morpholine rings is 1. The second-order valence-electron chi connectivity index (χ2n) is 5.19. The third-order valence-electron chi connectivity index (χ3n) is 4.16. The third kappa shape index (κ3) is 3.91. The van der Waals surface area contributed by atoms with Crippen LogP contribution in [-0.4, -0.2) is 63.5 Å². The van der Waals surface area contributed by atoms with E-state index in [9.17, 15) is 0 Å². The van der Waals surface area contributed by atoms with Gasteiger partial charge in [-0.15, -0.1) is 0 Å². The van der Waals surface area contributed by atoms with Crippen LogP contribution in [0.5, 0.6) is 0 Å². The molecule has 0 aliphatic carbocycles. The first-order chi connectivity index (χ1) is 8.35.